The predicted octanol–water partition coefficient (Wildman–Crippen LogP) is 2.92. The predicted molar refractivity (Wildman–Crippen MR) is 59.6 cm³/mol. The van der Waals surface area contributed by atoms with Crippen molar-refractivity contribution < 1.29 is 0 Å². The Labute approximate surface area is 87.3 Å². The number of imidazole rings is 1. The summed E-state index contributed by atoms with van der Waals surface area (Å²) in [7, 11) is 0. The minimum Gasteiger partial charge on any atom is -0.399 e. The second-order valence-corrected chi connectivity index (χ2v) is 4.08. The first-order valence-corrected chi connectivity index (χ1v) is 4.90. The number of halogens is 1. The molecule has 0 aliphatic heterocycles. The lowest BCUT2D eigenvalue weighted by atomic mass is 10.2. The van der Waals surface area contributed by atoms with Crippen molar-refractivity contribution in [2.24, 2.45) is 0 Å². The molecule has 1 aromatic carbocycles. The van der Waals surface area contributed by atoms with Crippen LogP contribution >= 0.6 is 11.6 Å². The Kier molecular flexibility index (Phi) is 2.11. The molecule has 0 fully saturated rings. The molecular weight excluding hydrogens is 198 g/mol. The zero-order valence-electron chi connectivity index (χ0n) is 8.13. The fourth-order valence-electron chi connectivity index (χ4n) is 1.39. The first-order chi connectivity index (χ1) is 6.58. The van der Waals surface area contributed by atoms with E-state index >= 15 is 0 Å². The van der Waals surface area contributed by atoms with E-state index < -0.39 is 0 Å². The summed E-state index contributed by atoms with van der Waals surface area (Å²) in [6.07, 6.45) is 0. The van der Waals surface area contributed by atoms with Crippen molar-refractivity contribution in [3.63, 3.8) is 0 Å². The van der Waals surface area contributed by atoms with Crippen molar-refractivity contribution in [1.29, 1.82) is 0 Å². The molecule has 1 aromatic heterocycles. The summed E-state index contributed by atoms with van der Waals surface area (Å²) in [6.45, 7) is 4.16. The fraction of sp³-hybridized carbons (Fsp3) is 0.300. The summed E-state index contributed by atoms with van der Waals surface area (Å²) in [5.74, 6) is 1.30. The molecule has 0 atom stereocenters. The Morgan fingerprint density at radius 1 is 1.43 bits per heavy atom. The van der Waals surface area contributed by atoms with Gasteiger partial charge < -0.3 is 10.7 Å². The largest absolute Gasteiger partial charge is 0.399 e. The molecule has 0 spiro atoms. The van der Waals surface area contributed by atoms with Crippen molar-refractivity contribution in [2.45, 2.75) is 19.8 Å². The lowest BCUT2D eigenvalue weighted by Gasteiger charge is -1.95. The first-order valence-electron chi connectivity index (χ1n) is 4.52. The molecule has 0 radical (unpaired) electrons. The summed E-state index contributed by atoms with van der Waals surface area (Å²) in [5, 5.41) is 0.600. The van der Waals surface area contributed by atoms with Crippen LogP contribution in [-0.2, 0) is 0 Å². The monoisotopic (exact) mass is 209 g/mol. The van der Waals surface area contributed by atoms with Crippen LogP contribution in [0.3, 0.4) is 0 Å². The molecule has 0 bridgehead atoms. The molecule has 14 heavy (non-hydrogen) atoms. The minimum atomic E-state index is 0.361. The average molecular weight is 210 g/mol. The Balaban J connectivity index is 2.70. The van der Waals surface area contributed by atoms with Gasteiger partial charge in [0.05, 0.1) is 10.5 Å². The highest BCUT2D eigenvalue weighted by Crippen LogP contribution is 2.26. The number of nitrogens with two attached hydrogens (primary N) is 1. The number of aromatic nitrogens is 2. The third kappa shape index (κ3) is 1.44. The van der Waals surface area contributed by atoms with Gasteiger partial charge >= 0.3 is 0 Å². The van der Waals surface area contributed by atoms with Crippen LogP contribution in [0, 0.1) is 0 Å². The molecule has 0 unspecified atom stereocenters. The first kappa shape index (κ1) is 9.34. The van der Waals surface area contributed by atoms with Crippen LogP contribution in [-0.4, -0.2) is 9.97 Å². The van der Waals surface area contributed by atoms with E-state index in [1.807, 2.05) is 6.07 Å². The summed E-state index contributed by atoms with van der Waals surface area (Å²) < 4.78 is 0. The molecule has 0 saturated heterocycles. The number of nitrogens with one attached hydrogen (secondary N) is 1. The third-order valence-electron chi connectivity index (χ3n) is 2.13. The third-order valence-corrected chi connectivity index (χ3v) is 2.42. The number of hydrogen-bond donors (Lipinski definition) is 2. The number of fused-ring (bicyclic) bond motifs is 1. The Hall–Kier alpha value is -1.22. The van der Waals surface area contributed by atoms with E-state index in [4.69, 9.17) is 17.3 Å². The van der Waals surface area contributed by atoms with Crippen molar-refractivity contribution in [3.05, 3.63) is 23.0 Å². The maximum Gasteiger partial charge on any atom is 0.109 e. The van der Waals surface area contributed by atoms with E-state index in [1.54, 1.807) is 6.07 Å². The SMILES string of the molecule is CC(C)c1nc2c(Cl)cc(N)cc2[nH]1. The molecule has 3 N–H and O–H groups in total. The highest BCUT2D eigenvalue weighted by Gasteiger charge is 2.09. The highest BCUT2D eigenvalue weighted by molar-refractivity contribution is 6.35. The molecule has 2 rings (SSSR count). The molecule has 0 aliphatic rings. The summed E-state index contributed by atoms with van der Waals surface area (Å²) >= 11 is 6.02. The molecule has 3 nitrogen and oxygen atoms in total. The second kappa shape index (κ2) is 3.17. The van der Waals surface area contributed by atoms with Gasteiger partial charge in [-0.2, -0.15) is 0 Å². The van der Waals surface area contributed by atoms with E-state index in [-0.39, 0.29) is 0 Å². The van der Waals surface area contributed by atoms with Crippen molar-refractivity contribution in [1.82, 2.24) is 9.97 Å². The quantitative estimate of drug-likeness (QED) is 0.710. The molecular formula is C10H12ClN3. The minimum absolute atomic E-state index is 0.361. The van der Waals surface area contributed by atoms with Gasteiger partial charge in [0.2, 0.25) is 0 Å². The van der Waals surface area contributed by atoms with E-state index in [2.05, 4.69) is 23.8 Å². The molecule has 1 heterocycles. The number of nitrogen functional groups attached to an aromatic ring is 1. The van der Waals surface area contributed by atoms with Crippen LogP contribution in [0.2, 0.25) is 5.02 Å². The van der Waals surface area contributed by atoms with Gasteiger partial charge in [-0.25, -0.2) is 4.98 Å². The number of rotatable bonds is 1. The van der Waals surface area contributed by atoms with Crippen molar-refractivity contribution >= 4 is 28.3 Å². The van der Waals surface area contributed by atoms with E-state index in [0.29, 0.717) is 16.6 Å². The summed E-state index contributed by atoms with van der Waals surface area (Å²) in [5.41, 5.74) is 8.03. The van der Waals surface area contributed by atoms with E-state index in [1.165, 1.54) is 0 Å². The molecule has 2 aromatic rings. The van der Waals surface area contributed by atoms with Gasteiger partial charge in [0.15, 0.2) is 0 Å². The molecule has 0 amide bonds. The Morgan fingerprint density at radius 2 is 2.14 bits per heavy atom. The standard InChI is InChI=1S/C10H12ClN3/c1-5(2)10-13-8-4-6(12)3-7(11)9(8)14-10/h3-5H,12H2,1-2H3,(H,13,14). The normalized spacial score (nSPS) is 11.4. The van der Waals surface area contributed by atoms with Gasteiger partial charge in [0, 0.05) is 11.6 Å². The molecule has 74 valence electrons. The number of nitrogens with zero attached hydrogens (tertiary/aromatic N) is 1. The van der Waals surface area contributed by atoms with Gasteiger partial charge in [-0.15, -0.1) is 0 Å². The fourth-order valence-corrected chi connectivity index (χ4v) is 1.66. The second-order valence-electron chi connectivity index (χ2n) is 3.68. The Morgan fingerprint density at radius 3 is 2.79 bits per heavy atom. The van der Waals surface area contributed by atoms with Gasteiger partial charge in [-0.05, 0) is 12.1 Å². The average Bonchev–Trinajstić information content (AvgIpc) is 2.47. The summed E-state index contributed by atoms with van der Waals surface area (Å²) in [4.78, 5) is 7.61. The Bertz CT molecular complexity index is 473. The topological polar surface area (TPSA) is 54.7 Å². The van der Waals surface area contributed by atoms with E-state index in [0.717, 1.165) is 16.9 Å². The van der Waals surface area contributed by atoms with Crippen LogP contribution < -0.4 is 5.73 Å². The maximum absolute atomic E-state index is 6.02. The molecule has 0 aliphatic carbocycles. The number of aromatic amines is 1. The van der Waals surface area contributed by atoms with Gasteiger partial charge in [0.1, 0.15) is 11.3 Å². The molecule has 4 heteroatoms. The summed E-state index contributed by atoms with van der Waals surface area (Å²) in [6, 6.07) is 3.56. The van der Waals surface area contributed by atoms with Gasteiger partial charge in [-0.1, -0.05) is 25.4 Å². The lowest BCUT2D eigenvalue weighted by Crippen LogP contribution is -1.88. The lowest BCUT2D eigenvalue weighted by molar-refractivity contribution is 0.799. The van der Waals surface area contributed by atoms with Crippen LogP contribution in [0.4, 0.5) is 5.69 Å². The van der Waals surface area contributed by atoms with Gasteiger partial charge in [-0.3, -0.25) is 0 Å². The van der Waals surface area contributed by atoms with Crippen LogP contribution in [0.5, 0.6) is 0 Å². The van der Waals surface area contributed by atoms with E-state index in [9.17, 15) is 0 Å². The van der Waals surface area contributed by atoms with Crippen LogP contribution in [0.15, 0.2) is 12.1 Å². The van der Waals surface area contributed by atoms with Crippen molar-refractivity contribution in [3.8, 4) is 0 Å². The zero-order valence-corrected chi connectivity index (χ0v) is 8.89. The van der Waals surface area contributed by atoms with Crippen LogP contribution in [0.1, 0.15) is 25.6 Å². The van der Waals surface area contributed by atoms with Crippen LogP contribution in [0.25, 0.3) is 11.0 Å². The zero-order chi connectivity index (χ0) is 10.3. The maximum atomic E-state index is 6.02. The number of benzene rings is 1. The molecule has 0 saturated carbocycles. The van der Waals surface area contributed by atoms with Gasteiger partial charge in [0.25, 0.3) is 0 Å². The smallest absolute Gasteiger partial charge is 0.109 e. The number of hydrogen-bond acceptors (Lipinski definition) is 2. The number of H-pyrrole nitrogens is 1. The number of anilines is 1. The van der Waals surface area contributed by atoms with Crippen molar-refractivity contribution in [2.75, 3.05) is 5.73 Å². The highest BCUT2D eigenvalue weighted by atomic mass is 35.5.